The minimum Gasteiger partial charge on any atom is -0.441 e. The SMILES string of the molecule is C[C@H]1NC(=O)OC1(C)C. The summed E-state index contributed by atoms with van der Waals surface area (Å²) in [5.41, 5.74) is -0.336. The van der Waals surface area contributed by atoms with Crippen molar-refractivity contribution in [2.45, 2.75) is 32.4 Å². The molecule has 0 aliphatic carbocycles. The van der Waals surface area contributed by atoms with Gasteiger partial charge in [-0.2, -0.15) is 0 Å². The van der Waals surface area contributed by atoms with Crippen LogP contribution in [0.3, 0.4) is 0 Å². The zero-order chi connectivity index (χ0) is 7.07. The lowest BCUT2D eigenvalue weighted by atomic mass is 10.0. The molecule has 1 fully saturated rings. The Balaban J connectivity index is 2.69. The first-order valence-electron chi connectivity index (χ1n) is 3.02. The lowest BCUT2D eigenvalue weighted by Crippen LogP contribution is -2.35. The van der Waals surface area contributed by atoms with Crippen molar-refractivity contribution < 1.29 is 9.53 Å². The molecule has 52 valence electrons. The van der Waals surface area contributed by atoms with Gasteiger partial charge < -0.3 is 10.1 Å². The molecule has 3 nitrogen and oxygen atoms in total. The number of amides is 1. The average molecular weight is 129 g/mol. The number of cyclic esters (lactones) is 1. The number of rotatable bonds is 0. The van der Waals surface area contributed by atoms with E-state index in [1.807, 2.05) is 20.8 Å². The first kappa shape index (κ1) is 6.39. The first-order valence-corrected chi connectivity index (χ1v) is 3.02. The van der Waals surface area contributed by atoms with E-state index in [1.165, 1.54) is 0 Å². The second-order valence-electron chi connectivity index (χ2n) is 2.86. The van der Waals surface area contributed by atoms with E-state index in [9.17, 15) is 4.79 Å². The summed E-state index contributed by atoms with van der Waals surface area (Å²) in [5, 5.41) is 2.65. The molecule has 0 aromatic rings. The number of hydrogen-bond donors (Lipinski definition) is 1. The third-order valence-electron chi connectivity index (χ3n) is 1.73. The highest BCUT2D eigenvalue weighted by Crippen LogP contribution is 2.19. The lowest BCUT2D eigenvalue weighted by Gasteiger charge is -2.19. The summed E-state index contributed by atoms with van der Waals surface area (Å²) in [6.07, 6.45) is -0.312. The zero-order valence-corrected chi connectivity index (χ0v) is 5.89. The molecule has 0 unspecified atom stereocenters. The molecular formula is C6H11NO2. The Kier molecular flexibility index (Phi) is 1.15. The summed E-state index contributed by atoms with van der Waals surface area (Å²) in [6, 6.07) is 0.116. The Morgan fingerprint density at radius 1 is 1.67 bits per heavy atom. The normalized spacial score (nSPS) is 31.4. The van der Waals surface area contributed by atoms with Gasteiger partial charge in [-0.1, -0.05) is 0 Å². The van der Waals surface area contributed by atoms with Crippen molar-refractivity contribution in [2.75, 3.05) is 0 Å². The molecule has 0 aromatic carbocycles. The zero-order valence-electron chi connectivity index (χ0n) is 5.89. The van der Waals surface area contributed by atoms with Crippen molar-refractivity contribution in [3.8, 4) is 0 Å². The van der Waals surface area contributed by atoms with Gasteiger partial charge in [0, 0.05) is 0 Å². The van der Waals surface area contributed by atoms with Crippen LogP contribution in [0.15, 0.2) is 0 Å². The van der Waals surface area contributed by atoms with Gasteiger partial charge in [0.25, 0.3) is 0 Å². The van der Waals surface area contributed by atoms with Gasteiger partial charge in [0.1, 0.15) is 5.60 Å². The molecule has 1 saturated heterocycles. The summed E-state index contributed by atoms with van der Waals surface area (Å²) in [6.45, 7) is 5.69. The Hall–Kier alpha value is -0.730. The highest BCUT2D eigenvalue weighted by molar-refractivity contribution is 5.70. The summed E-state index contributed by atoms with van der Waals surface area (Å²) in [5.74, 6) is 0. The van der Waals surface area contributed by atoms with E-state index in [1.54, 1.807) is 0 Å². The summed E-state index contributed by atoms with van der Waals surface area (Å²) in [7, 11) is 0. The number of carbonyl (C=O) groups is 1. The predicted molar refractivity (Wildman–Crippen MR) is 33.2 cm³/mol. The first-order chi connectivity index (χ1) is 4.02. The number of alkyl carbamates (subject to hydrolysis) is 1. The number of nitrogens with one attached hydrogen (secondary N) is 1. The fraction of sp³-hybridized carbons (Fsp3) is 0.833. The van der Waals surface area contributed by atoms with Crippen LogP contribution in [0.1, 0.15) is 20.8 Å². The molecule has 0 spiro atoms. The molecule has 3 heteroatoms. The van der Waals surface area contributed by atoms with Crippen LogP contribution >= 0.6 is 0 Å². The molecule has 1 atom stereocenters. The Labute approximate surface area is 54.4 Å². The van der Waals surface area contributed by atoms with Gasteiger partial charge in [-0.25, -0.2) is 4.79 Å². The minimum atomic E-state index is -0.336. The van der Waals surface area contributed by atoms with Crippen LogP contribution < -0.4 is 5.32 Å². The lowest BCUT2D eigenvalue weighted by molar-refractivity contribution is 0.0718. The highest BCUT2D eigenvalue weighted by atomic mass is 16.6. The van der Waals surface area contributed by atoms with Crippen LogP contribution in [0.5, 0.6) is 0 Å². The number of carbonyl (C=O) groups excluding carboxylic acids is 1. The molecule has 9 heavy (non-hydrogen) atoms. The summed E-state index contributed by atoms with van der Waals surface area (Å²) < 4.78 is 4.91. The van der Waals surface area contributed by atoms with Crippen LogP contribution in [0.2, 0.25) is 0 Å². The van der Waals surface area contributed by atoms with Gasteiger partial charge in [-0.05, 0) is 20.8 Å². The van der Waals surface area contributed by atoms with Gasteiger partial charge in [-0.3, -0.25) is 0 Å². The molecule has 1 N–H and O–H groups in total. The summed E-state index contributed by atoms with van der Waals surface area (Å²) >= 11 is 0. The molecule has 1 heterocycles. The fourth-order valence-electron chi connectivity index (χ4n) is 0.707. The maximum absolute atomic E-state index is 10.5. The average Bonchev–Trinajstić information content (AvgIpc) is 1.79. The third-order valence-corrected chi connectivity index (χ3v) is 1.73. The third kappa shape index (κ3) is 0.992. The van der Waals surface area contributed by atoms with Crippen molar-refractivity contribution in [3.05, 3.63) is 0 Å². The topological polar surface area (TPSA) is 38.3 Å². The molecule has 1 amide bonds. The van der Waals surface area contributed by atoms with Gasteiger partial charge in [0.15, 0.2) is 0 Å². The van der Waals surface area contributed by atoms with Gasteiger partial charge >= 0.3 is 6.09 Å². The van der Waals surface area contributed by atoms with Crippen LogP contribution in [0, 0.1) is 0 Å². The second-order valence-corrected chi connectivity index (χ2v) is 2.86. The summed E-state index contributed by atoms with van der Waals surface area (Å²) in [4.78, 5) is 10.5. The Bertz CT molecular complexity index is 142. The molecule has 1 aliphatic heterocycles. The van der Waals surface area contributed by atoms with E-state index >= 15 is 0 Å². The largest absolute Gasteiger partial charge is 0.441 e. The Morgan fingerprint density at radius 2 is 2.22 bits per heavy atom. The van der Waals surface area contributed by atoms with Crippen molar-refractivity contribution in [1.82, 2.24) is 5.32 Å². The van der Waals surface area contributed by atoms with Crippen molar-refractivity contribution >= 4 is 6.09 Å². The van der Waals surface area contributed by atoms with E-state index in [2.05, 4.69) is 5.32 Å². The highest BCUT2D eigenvalue weighted by Gasteiger charge is 2.37. The smallest absolute Gasteiger partial charge is 0.408 e. The quantitative estimate of drug-likeness (QED) is 0.527. The predicted octanol–water partition coefficient (Wildman–Crippen LogP) is 0.893. The van der Waals surface area contributed by atoms with Crippen molar-refractivity contribution in [2.24, 2.45) is 0 Å². The van der Waals surface area contributed by atoms with Crippen molar-refractivity contribution in [3.63, 3.8) is 0 Å². The maximum Gasteiger partial charge on any atom is 0.408 e. The Morgan fingerprint density at radius 3 is 2.33 bits per heavy atom. The van der Waals surface area contributed by atoms with Gasteiger partial charge in [0.05, 0.1) is 6.04 Å². The van der Waals surface area contributed by atoms with E-state index in [0.717, 1.165) is 0 Å². The van der Waals surface area contributed by atoms with E-state index < -0.39 is 0 Å². The molecular weight excluding hydrogens is 118 g/mol. The second kappa shape index (κ2) is 1.62. The molecule has 1 rings (SSSR count). The monoisotopic (exact) mass is 129 g/mol. The van der Waals surface area contributed by atoms with Crippen molar-refractivity contribution in [1.29, 1.82) is 0 Å². The molecule has 0 radical (unpaired) electrons. The number of hydrogen-bond acceptors (Lipinski definition) is 2. The molecule has 0 saturated carbocycles. The van der Waals surface area contributed by atoms with Crippen LogP contribution in [-0.2, 0) is 4.74 Å². The fourth-order valence-corrected chi connectivity index (χ4v) is 0.707. The van der Waals surface area contributed by atoms with E-state index in [-0.39, 0.29) is 17.7 Å². The molecule has 0 aromatic heterocycles. The maximum atomic E-state index is 10.5. The minimum absolute atomic E-state index is 0.116. The molecule has 0 bridgehead atoms. The van der Waals surface area contributed by atoms with Crippen LogP contribution in [-0.4, -0.2) is 17.7 Å². The van der Waals surface area contributed by atoms with Crippen LogP contribution in [0.25, 0.3) is 0 Å². The van der Waals surface area contributed by atoms with E-state index in [0.29, 0.717) is 0 Å². The molecule has 1 aliphatic rings. The van der Waals surface area contributed by atoms with E-state index in [4.69, 9.17) is 4.74 Å². The standard InChI is InChI=1S/C6H11NO2/c1-4-6(2,3)9-5(8)7-4/h4H,1-3H3,(H,7,8)/t4-/m1/s1. The number of ether oxygens (including phenoxy) is 1. The van der Waals surface area contributed by atoms with Crippen LogP contribution in [0.4, 0.5) is 4.79 Å². The van der Waals surface area contributed by atoms with Gasteiger partial charge in [0.2, 0.25) is 0 Å². The van der Waals surface area contributed by atoms with Gasteiger partial charge in [-0.15, -0.1) is 0 Å².